The second-order valence-electron chi connectivity index (χ2n) is 3.97. The third-order valence-electron chi connectivity index (χ3n) is 2.59. The Morgan fingerprint density at radius 1 is 1.58 bits per heavy atom. The van der Waals surface area contributed by atoms with Crippen molar-refractivity contribution in [3.05, 3.63) is 21.8 Å². The zero-order valence-electron chi connectivity index (χ0n) is 10.8. The lowest BCUT2D eigenvalue weighted by molar-refractivity contribution is -0.121. The molecule has 7 heteroatoms. The van der Waals surface area contributed by atoms with Crippen LogP contribution in [-0.2, 0) is 11.3 Å². The van der Waals surface area contributed by atoms with Gasteiger partial charge in [0.2, 0.25) is 5.91 Å². The van der Waals surface area contributed by atoms with Crippen molar-refractivity contribution in [2.24, 2.45) is 0 Å². The molecule has 2 aromatic rings. The standard InChI is InChI=1S/C12H15N3O2S2/c1-3-5-13-9(16)7-15-11(17)10-8(4-6-19-10)14-12(15)18-2/h4,6H,3,5,7H2,1-2H3,(H,13,16). The van der Waals surface area contributed by atoms with Crippen molar-refractivity contribution >= 4 is 39.2 Å². The van der Waals surface area contributed by atoms with Gasteiger partial charge in [0, 0.05) is 6.54 Å². The molecule has 0 radical (unpaired) electrons. The highest BCUT2D eigenvalue weighted by molar-refractivity contribution is 7.98. The van der Waals surface area contributed by atoms with E-state index in [1.165, 1.54) is 27.7 Å². The van der Waals surface area contributed by atoms with Crippen LogP contribution in [0.25, 0.3) is 10.2 Å². The number of thioether (sulfide) groups is 1. The summed E-state index contributed by atoms with van der Waals surface area (Å²) < 4.78 is 2.04. The van der Waals surface area contributed by atoms with E-state index in [-0.39, 0.29) is 18.0 Å². The van der Waals surface area contributed by atoms with E-state index in [0.29, 0.717) is 21.9 Å². The van der Waals surface area contributed by atoms with E-state index in [2.05, 4.69) is 10.3 Å². The Bertz CT molecular complexity index is 648. The molecule has 2 aromatic heterocycles. The first-order valence-corrected chi connectivity index (χ1v) is 8.06. The predicted octanol–water partition coefficient (Wildman–Crippen LogP) is 1.71. The van der Waals surface area contributed by atoms with Crippen LogP contribution in [0.5, 0.6) is 0 Å². The summed E-state index contributed by atoms with van der Waals surface area (Å²) in [6.45, 7) is 2.63. The zero-order chi connectivity index (χ0) is 13.8. The minimum absolute atomic E-state index is 0.0237. The van der Waals surface area contributed by atoms with Gasteiger partial charge in [-0.05, 0) is 24.1 Å². The average molecular weight is 297 g/mol. The molecule has 102 valence electrons. The normalized spacial score (nSPS) is 10.8. The van der Waals surface area contributed by atoms with Crippen LogP contribution < -0.4 is 10.9 Å². The SMILES string of the molecule is CCCNC(=O)Cn1c(SC)nc2ccsc2c1=O. The second-order valence-corrected chi connectivity index (χ2v) is 5.66. The smallest absolute Gasteiger partial charge is 0.272 e. The Hall–Kier alpha value is -1.34. The Morgan fingerprint density at radius 3 is 3.05 bits per heavy atom. The van der Waals surface area contributed by atoms with E-state index < -0.39 is 0 Å². The topological polar surface area (TPSA) is 64.0 Å². The predicted molar refractivity (Wildman–Crippen MR) is 79.0 cm³/mol. The van der Waals surface area contributed by atoms with Crippen molar-refractivity contribution in [3.8, 4) is 0 Å². The Morgan fingerprint density at radius 2 is 2.37 bits per heavy atom. The molecule has 19 heavy (non-hydrogen) atoms. The Balaban J connectivity index is 2.37. The summed E-state index contributed by atoms with van der Waals surface area (Å²) in [6.07, 6.45) is 2.72. The van der Waals surface area contributed by atoms with Gasteiger partial charge in [0.15, 0.2) is 5.16 Å². The lowest BCUT2D eigenvalue weighted by atomic mass is 10.4. The molecule has 0 aliphatic rings. The van der Waals surface area contributed by atoms with Crippen LogP contribution in [0.3, 0.4) is 0 Å². The highest BCUT2D eigenvalue weighted by Gasteiger charge is 2.13. The fraction of sp³-hybridized carbons (Fsp3) is 0.417. The molecule has 0 bridgehead atoms. The first-order valence-electron chi connectivity index (χ1n) is 5.96. The van der Waals surface area contributed by atoms with E-state index >= 15 is 0 Å². The maximum absolute atomic E-state index is 12.3. The summed E-state index contributed by atoms with van der Waals surface area (Å²) in [4.78, 5) is 28.5. The highest BCUT2D eigenvalue weighted by Crippen LogP contribution is 2.18. The lowest BCUT2D eigenvalue weighted by Crippen LogP contribution is -2.33. The monoisotopic (exact) mass is 297 g/mol. The van der Waals surface area contributed by atoms with Crippen LogP contribution in [0.4, 0.5) is 0 Å². The minimum atomic E-state index is -0.156. The summed E-state index contributed by atoms with van der Waals surface area (Å²) in [5, 5.41) is 5.18. The molecule has 0 atom stereocenters. The highest BCUT2D eigenvalue weighted by atomic mass is 32.2. The molecule has 0 unspecified atom stereocenters. The van der Waals surface area contributed by atoms with Gasteiger partial charge in [-0.3, -0.25) is 14.2 Å². The van der Waals surface area contributed by atoms with Crippen molar-refractivity contribution in [1.82, 2.24) is 14.9 Å². The maximum atomic E-state index is 12.3. The number of carbonyl (C=O) groups is 1. The van der Waals surface area contributed by atoms with Crippen molar-refractivity contribution in [1.29, 1.82) is 0 Å². The van der Waals surface area contributed by atoms with E-state index in [0.717, 1.165) is 6.42 Å². The van der Waals surface area contributed by atoms with Gasteiger partial charge in [-0.2, -0.15) is 0 Å². The van der Waals surface area contributed by atoms with Crippen molar-refractivity contribution < 1.29 is 4.79 Å². The number of aromatic nitrogens is 2. The molecule has 0 fully saturated rings. The molecule has 2 heterocycles. The van der Waals surface area contributed by atoms with E-state index in [1.54, 1.807) is 0 Å². The second kappa shape index (κ2) is 6.21. The summed E-state index contributed by atoms with van der Waals surface area (Å²) in [5.74, 6) is -0.156. The van der Waals surface area contributed by atoms with Crippen LogP contribution in [0.15, 0.2) is 21.4 Å². The van der Waals surface area contributed by atoms with E-state index in [9.17, 15) is 9.59 Å². The number of carbonyl (C=O) groups excluding carboxylic acids is 1. The number of fused-ring (bicyclic) bond motifs is 1. The van der Waals surface area contributed by atoms with E-state index in [4.69, 9.17) is 0 Å². The fourth-order valence-electron chi connectivity index (χ4n) is 1.68. The van der Waals surface area contributed by atoms with Gasteiger partial charge in [-0.1, -0.05) is 18.7 Å². The summed E-state index contributed by atoms with van der Waals surface area (Å²) >= 11 is 2.73. The van der Waals surface area contributed by atoms with Crippen LogP contribution >= 0.6 is 23.1 Å². The summed E-state index contributed by atoms with van der Waals surface area (Å²) in [6, 6.07) is 1.82. The zero-order valence-corrected chi connectivity index (χ0v) is 12.4. The minimum Gasteiger partial charge on any atom is -0.355 e. The van der Waals surface area contributed by atoms with Crippen LogP contribution in [0.1, 0.15) is 13.3 Å². The molecule has 2 rings (SSSR count). The van der Waals surface area contributed by atoms with Gasteiger partial charge in [-0.25, -0.2) is 4.98 Å². The molecule has 5 nitrogen and oxygen atoms in total. The number of nitrogens with one attached hydrogen (secondary N) is 1. The molecule has 1 N–H and O–H groups in total. The summed E-state index contributed by atoms with van der Waals surface area (Å²) in [7, 11) is 0. The van der Waals surface area contributed by atoms with Crippen molar-refractivity contribution in [2.75, 3.05) is 12.8 Å². The largest absolute Gasteiger partial charge is 0.355 e. The number of rotatable bonds is 5. The molecule has 0 aromatic carbocycles. The Labute approximate surface area is 119 Å². The number of thiophene rings is 1. The fourth-order valence-corrected chi connectivity index (χ4v) is 3.02. The lowest BCUT2D eigenvalue weighted by Gasteiger charge is -2.10. The first kappa shape index (κ1) is 14.1. The molecular formula is C12H15N3O2S2. The van der Waals surface area contributed by atoms with Gasteiger partial charge < -0.3 is 5.32 Å². The first-order chi connectivity index (χ1) is 9.17. The van der Waals surface area contributed by atoms with Crippen LogP contribution in [-0.4, -0.2) is 28.3 Å². The van der Waals surface area contributed by atoms with Gasteiger partial charge in [0.1, 0.15) is 11.2 Å². The molecule has 0 saturated carbocycles. The summed E-state index contributed by atoms with van der Waals surface area (Å²) in [5.41, 5.74) is 0.556. The number of hydrogen-bond acceptors (Lipinski definition) is 5. The molecule has 0 spiro atoms. The molecular weight excluding hydrogens is 282 g/mol. The molecule has 1 amide bonds. The van der Waals surface area contributed by atoms with E-state index in [1.807, 2.05) is 24.6 Å². The van der Waals surface area contributed by atoms with Crippen LogP contribution in [0, 0.1) is 0 Å². The third kappa shape index (κ3) is 2.98. The number of amides is 1. The van der Waals surface area contributed by atoms with Gasteiger partial charge in [-0.15, -0.1) is 11.3 Å². The number of nitrogens with zero attached hydrogens (tertiary/aromatic N) is 2. The van der Waals surface area contributed by atoms with Gasteiger partial charge >= 0.3 is 0 Å². The third-order valence-corrected chi connectivity index (χ3v) is 4.16. The molecule has 0 aliphatic heterocycles. The average Bonchev–Trinajstić information content (AvgIpc) is 2.87. The molecule has 0 saturated heterocycles. The van der Waals surface area contributed by atoms with Crippen molar-refractivity contribution in [3.63, 3.8) is 0 Å². The Kier molecular flexibility index (Phi) is 4.60. The van der Waals surface area contributed by atoms with Gasteiger partial charge in [0.25, 0.3) is 5.56 Å². The quantitative estimate of drug-likeness (QED) is 0.674. The van der Waals surface area contributed by atoms with Gasteiger partial charge in [0.05, 0.1) is 5.52 Å². The van der Waals surface area contributed by atoms with Crippen molar-refractivity contribution in [2.45, 2.75) is 25.0 Å². The number of hydrogen-bond donors (Lipinski definition) is 1. The maximum Gasteiger partial charge on any atom is 0.272 e. The van der Waals surface area contributed by atoms with Crippen LogP contribution in [0.2, 0.25) is 0 Å². The molecule has 0 aliphatic carbocycles.